The number of benzene rings is 1. The van der Waals surface area contributed by atoms with Crippen molar-refractivity contribution in [2.24, 2.45) is 5.92 Å². The van der Waals surface area contributed by atoms with Gasteiger partial charge in [0.15, 0.2) is 0 Å². The highest BCUT2D eigenvalue weighted by Crippen LogP contribution is 2.22. The monoisotopic (exact) mass is 343 g/mol. The van der Waals surface area contributed by atoms with Crippen LogP contribution in [0.5, 0.6) is 0 Å². The van der Waals surface area contributed by atoms with Gasteiger partial charge in [-0.05, 0) is 50.0 Å². The Labute approximate surface area is 139 Å². The van der Waals surface area contributed by atoms with E-state index in [9.17, 15) is 9.59 Å². The van der Waals surface area contributed by atoms with E-state index in [1.807, 2.05) is 0 Å². The molecule has 1 aliphatic rings. The summed E-state index contributed by atoms with van der Waals surface area (Å²) in [6.45, 7) is 2.65. The van der Waals surface area contributed by atoms with Crippen molar-refractivity contribution in [2.75, 3.05) is 26.2 Å². The molecule has 1 aliphatic heterocycles. The molecular weight excluding hydrogens is 325 g/mol. The first-order valence-electron chi connectivity index (χ1n) is 7.27. The van der Waals surface area contributed by atoms with Crippen LogP contribution < -0.4 is 16.0 Å². The maximum Gasteiger partial charge on any atom is 0.251 e. The fourth-order valence-corrected chi connectivity index (χ4v) is 2.64. The van der Waals surface area contributed by atoms with Crippen molar-refractivity contribution < 1.29 is 9.59 Å². The third kappa shape index (κ3) is 5.16. The Bertz CT molecular complexity index is 546. The highest BCUT2D eigenvalue weighted by atomic mass is 35.5. The molecule has 7 heteroatoms. The van der Waals surface area contributed by atoms with Gasteiger partial charge in [-0.2, -0.15) is 0 Å². The van der Waals surface area contributed by atoms with E-state index in [4.69, 9.17) is 23.2 Å². The maximum absolute atomic E-state index is 11.9. The molecule has 0 aliphatic carbocycles. The molecular formula is C15H19Cl2N3O2. The Balaban J connectivity index is 1.68. The van der Waals surface area contributed by atoms with Crippen LogP contribution in [0.1, 0.15) is 23.2 Å². The van der Waals surface area contributed by atoms with Gasteiger partial charge in [0, 0.05) is 12.1 Å². The lowest BCUT2D eigenvalue weighted by Crippen LogP contribution is -2.37. The summed E-state index contributed by atoms with van der Waals surface area (Å²) in [7, 11) is 0. The Morgan fingerprint density at radius 3 is 2.73 bits per heavy atom. The van der Waals surface area contributed by atoms with Crippen LogP contribution in [-0.4, -0.2) is 38.0 Å². The number of rotatable bonds is 6. The second kappa shape index (κ2) is 8.36. The van der Waals surface area contributed by atoms with E-state index in [2.05, 4.69) is 16.0 Å². The van der Waals surface area contributed by atoms with Crippen molar-refractivity contribution in [3.05, 3.63) is 33.8 Å². The van der Waals surface area contributed by atoms with Crippen molar-refractivity contribution in [3.8, 4) is 0 Å². The minimum absolute atomic E-state index is 0.0536. The largest absolute Gasteiger partial charge is 0.355 e. The zero-order chi connectivity index (χ0) is 15.9. The first-order chi connectivity index (χ1) is 10.6. The topological polar surface area (TPSA) is 70.2 Å². The predicted octanol–water partition coefficient (Wildman–Crippen LogP) is 1.84. The van der Waals surface area contributed by atoms with Gasteiger partial charge in [0.25, 0.3) is 5.91 Å². The summed E-state index contributed by atoms with van der Waals surface area (Å²) in [5.74, 6) is 0.0826. The van der Waals surface area contributed by atoms with E-state index in [0.29, 0.717) is 28.1 Å². The summed E-state index contributed by atoms with van der Waals surface area (Å²) in [6.07, 6.45) is 2.11. The first kappa shape index (κ1) is 17.1. The maximum atomic E-state index is 11.9. The van der Waals surface area contributed by atoms with E-state index < -0.39 is 0 Å². The van der Waals surface area contributed by atoms with Crippen LogP contribution >= 0.6 is 23.2 Å². The lowest BCUT2D eigenvalue weighted by molar-refractivity contribution is -0.120. The van der Waals surface area contributed by atoms with Gasteiger partial charge in [0.2, 0.25) is 5.91 Å². The van der Waals surface area contributed by atoms with Crippen molar-refractivity contribution in [1.82, 2.24) is 16.0 Å². The molecule has 1 fully saturated rings. The molecule has 1 atom stereocenters. The molecule has 2 rings (SSSR count). The molecule has 2 amide bonds. The smallest absolute Gasteiger partial charge is 0.251 e. The summed E-state index contributed by atoms with van der Waals surface area (Å²) in [5.41, 5.74) is 0.374. The zero-order valence-electron chi connectivity index (χ0n) is 12.1. The molecule has 120 valence electrons. The molecule has 0 radical (unpaired) electrons. The standard InChI is InChI=1S/C15H19Cl2N3O2/c16-12-2-1-11(7-13(12)17)15(22)20-9-14(21)19-6-4-10-3-5-18-8-10/h1-2,7,10,18H,3-6,8-9H2,(H,19,21)(H,20,22). The molecule has 1 heterocycles. The average Bonchev–Trinajstić information content (AvgIpc) is 3.01. The van der Waals surface area contributed by atoms with Crippen LogP contribution in [0.3, 0.4) is 0 Å². The summed E-state index contributed by atoms with van der Waals surface area (Å²) in [6, 6.07) is 4.59. The van der Waals surface area contributed by atoms with Crippen LogP contribution in [-0.2, 0) is 4.79 Å². The molecule has 22 heavy (non-hydrogen) atoms. The third-order valence-corrected chi connectivity index (χ3v) is 4.37. The first-order valence-corrected chi connectivity index (χ1v) is 8.02. The van der Waals surface area contributed by atoms with Gasteiger partial charge in [0.05, 0.1) is 16.6 Å². The van der Waals surface area contributed by atoms with E-state index in [1.54, 1.807) is 12.1 Å². The lowest BCUT2D eigenvalue weighted by atomic mass is 10.1. The molecule has 0 bridgehead atoms. The second-order valence-electron chi connectivity index (χ2n) is 5.31. The normalized spacial score (nSPS) is 17.3. The van der Waals surface area contributed by atoms with Gasteiger partial charge in [-0.1, -0.05) is 23.2 Å². The van der Waals surface area contributed by atoms with Crippen molar-refractivity contribution in [3.63, 3.8) is 0 Å². The number of nitrogens with one attached hydrogen (secondary N) is 3. The van der Waals surface area contributed by atoms with Crippen LogP contribution in [0.2, 0.25) is 10.0 Å². The molecule has 0 aromatic heterocycles. The van der Waals surface area contributed by atoms with Crippen LogP contribution in [0.15, 0.2) is 18.2 Å². The highest BCUT2D eigenvalue weighted by Gasteiger charge is 2.14. The summed E-state index contributed by atoms with van der Waals surface area (Å²) in [5, 5.41) is 9.35. The van der Waals surface area contributed by atoms with E-state index in [0.717, 1.165) is 25.9 Å². The number of hydrogen-bond acceptors (Lipinski definition) is 3. The van der Waals surface area contributed by atoms with Crippen LogP contribution in [0, 0.1) is 5.92 Å². The Morgan fingerprint density at radius 1 is 1.23 bits per heavy atom. The van der Waals surface area contributed by atoms with E-state index in [-0.39, 0.29) is 18.4 Å². The highest BCUT2D eigenvalue weighted by molar-refractivity contribution is 6.42. The average molecular weight is 344 g/mol. The molecule has 5 nitrogen and oxygen atoms in total. The van der Waals surface area contributed by atoms with E-state index >= 15 is 0 Å². The van der Waals surface area contributed by atoms with Crippen molar-refractivity contribution in [1.29, 1.82) is 0 Å². The quantitative estimate of drug-likeness (QED) is 0.738. The molecule has 0 spiro atoms. The molecule has 0 saturated carbocycles. The molecule has 1 aromatic rings. The Kier molecular flexibility index (Phi) is 6.49. The third-order valence-electron chi connectivity index (χ3n) is 3.63. The van der Waals surface area contributed by atoms with E-state index in [1.165, 1.54) is 6.07 Å². The number of carbonyl (C=O) groups is 2. The molecule has 1 unspecified atom stereocenters. The van der Waals surface area contributed by atoms with Crippen LogP contribution in [0.25, 0.3) is 0 Å². The molecule has 3 N–H and O–H groups in total. The van der Waals surface area contributed by atoms with Crippen molar-refractivity contribution >= 4 is 35.0 Å². The van der Waals surface area contributed by atoms with Gasteiger partial charge in [-0.25, -0.2) is 0 Å². The number of hydrogen-bond donors (Lipinski definition) is 3. The van der Waals surface area contributed by atoms with Gasteiger partial charge >= 0.3 is 0 Å². The fraction of sp³-hybridized carbons (Fsp3) is 0.467. The zero-order valence-corrected chi connectivity index (χ0v) is 13.6. The number of amides is 2. The summed E-state index contributed by atoms with van der Waals surface area (Å²) < 4.78 is 0. The SMILES string of the molecule is O=C(CNC(=O)c1ccc(Cl)c(Cl)c1)NCCC1CCNC1. The van der Waals surface area contributed by atoms with Gasteiger partial charge in [-0.3, -0.25) is 9.59 Å². The Morgan fingerprint density at radius 2 is 2.05 bits per heavy atom. The van der Waals surface area contributed by atoms with Gasteiger partial charge in [-0.15, -0.1) is 0 Å². The minimum Gasteiger partial charge on any atom is -0.355 e. The van der Waals surface area contributed by atoms with Gasteiger partial charge < -0.3 is 16.0 Å². The van der Waals surface area contributed by atoms with Crippen LogP contribution in [0.4, 0.5) is 0 Å². The van der Waals surface area contributed by atoms with Crippen molar-refractivity contribution in [2.45, 2.75) is 12.8 Å². The van der Waals surface area contributed by atoms with Gasteiger partial charge in [0.1, 0.15) is 0 Å². The molecule has 1 saturated heterocycles. The summed E-state index contributed by atoms with van der Waals surface area (Å²) >= 11 is 11.6. The predicted molar refractivity (Wildman–Crippen MR) is 87.4 cm³/mol. The summed E-state index contributed by atoms with van der Waals surface area (Å²) in [4.78, 5) is 23.6. The Hall–Kier alpha value is -1.30. The number of carbonyl (C=O) groups excluding carboxylic acids is 2. The second-order valence-corrected chi connectivity index (χ2v) is 6.12. The lowest BCUT2D eigenvalue weighted by Gasteiger charge is -2.10. The minimum atomic E-state index is -0.353. The fourth-order valence-electron chi connectivity index (χ4n) is 2.34. The molecule has 1 aromatic carbocycles. The number of halogens is 2.